The number of benzene rings is 1. The van der Waals surface area contributed by atoms with Gasteiger partial charge in [0.25, 0.3) is 0 Å². The van der Waals surface area contributed by atoms with Crippen LogP contribution in [0.4, 0.5) is 0 Å². The van der Waals surface area contributed by atoms with Crippen molar-refractivity contribution >= 4 is 17.7 Å². The lowest BCUT2D eigenvalue weighted by molar-refractivity contribution is 0.321. The van der Waals surface area contributed by atoms with Gasteiger partial charge in [-0.3, -0.25) is 4.99 Å². The maximum atomic E-state index is 5.71. The molecule has 0 aliphatic heterocycles. The molecule has 0 aromatic heterocycles. The Morgan fingerprint density at radius 3 is 2.73 bits per heavy atom. The minimum Gasteiger partial charge on any atom is -0.492 e. The minimum atomic E-state index is 0.543. The van der Waals surface area contributed by atoms with E-state index in [1.54, 1.807) is 0 Å². The maximum Gasteiger partial charge on any atom is 0.191 e. The van der Waals surface area contributed by atoms with E-state index in [1.165, 1.54) is 24.8 Å². The van der Waals surface area contributed by atoms with E-state index in [0.717, 1.165) is 23.5 Å². The van der Waals surface area contributed by atoms with Crippen molar-refractivity contribution in [2.75, 3.05) is 26.5 Å². The van der Waals surface area contributed by atoms with E-state index in [0.29, 0.717) is 12.6 Å². The summed E-state index contributed by atoms with van der Waals surface area (Å²) in [7, 11) is 1.82. The van der Waals surface area contributed by atoms with E-state index in [9.17, 15) is 0 Å². The first-order chi connectivity index (χ1) is 10.7. The molecule has 1 aliphatic carbocycles. The van der Waals surface area contributed by atoms with Gasteiger partial charge in [-0.1, -0.05) is 17.7 Å². The molecule has 122 valence electrons. The third-order valence-corrected chi connectivity index (χ3v) is 5.06. The number of rotatable bonds is 6. The van der Waals surface area contributed by atoms with E-state index in [1.807, 2.05) is 30.9 Å². The standard InChI is InChI=1S/C17H27N3OS/c1-13-4-7-15(8-5-13)21-11-10-19-17(18-2)20-14-6-9-16(12-14)22-3/h4-5,7-8,14,16H,6,9-12H2,1-3H3,(H2,18,19,20). The van der Waals surface area contributed by atoms with Crippen molar-refractivity contribution in [1.82, 2.24) is 10.6 Å². The molecule has 2 N–H and O–H groups in total. The molecule has 0 bridgehead atoms. The van der Waals surface area contributed by atoms with E-state index in [4.69, 9.17) is 4.74 Å². The van der Waals surface area contributed by atoms with Gasteiger partial charge in [-0.25, -0.2) is 0 Å². The Morgan fingerprint density at radius 1 is 1.32 bits per heavy atom. The molecule has 4 nitrogen and oxygen atoms in total. The first kappa shape index (κ1) is 17.0. The number of aliphatic imine (C=N–C) groups is 1. The Bertz CT molecular complexity index is 475. The maximum absolute atomic E-state index is 5.71. The highest BCUT2D eigenvalue weighted by atomic mass is 32.2. The van der Waals surface area contributed by atoms with Gasteiger partial charge in [-0.05, 0) is 44.6 Å². The molecule has 0 saturated heterocycles. The first-order valence-corrected chi connectivity index (χ1v) is 9.19. The fourth-order valence-electron chi connectivity index (χ4n) is 2.65. The van der Waals surface area contributed by atoms with Crippen LogP contribution < -0.4 is 15.4 Å². The molecule has 1 aliphatic rings. The van der Waals surface area contributed by atoms with Crippen molar-refractivity contribution in [1.29, 1.82) is 0 Å². The average molecular weight is 321 g/mol. The number of hydrogen-bond donors (Lipinski definition) is 2. The molecular weight excluding hydrogens is 294 g/mol. The van der Waals surface area contributed by atoms with Crippen LogP contribution in [0.2, 0.25) is 0 Å². The molecule has 1 aromatic rings. The summed E-state index contributed by atoms with van der Waals surface area (Å²) in [6, 6.07) is 8.67. The van der Waals surface area contributed by atoms with Gasteiger partial charge in [0, 0.05) is 18.3 Å². The number of nitrogens with one attached hydrogen (secondary N) is 2. The highest BCUT2D eigenvalue weighted by Gasteiger charge is 2.24. The molecule has 1 saturated carbocycles. The normalized spacial score (nSPS) is 21.7. The Kier molecular flexibility index (Phi) is 6.90. The summed E-state index contributed by atoms with van der Waals surface area (Å²) in [6.07, 6.45) is 5.95. The molecule has 0 spiro atoms. The molecule has 1 aromatic carbocycles. The number of thioether (sulfide) groups is 1. The number of nitrogens with zero attached hydrogens (tertiary/aromatic N) is 1. The predicted octanol–water partition coefficient (Wildman–Crippen LogP) is 2.82. The lowest BCUT2D eigenvalue weighted by Crippen LogP contribution is -2.43. The number of hydrogen-bond acceptors (Lipinski definition) is 3. The summed E-state index contributed by atoms with van der Waals surface area (Å²) in [5.74, 6) is 1.79. The molecule has 22 heavy (non-hydrogen) atoms. The average Bonchev–Trinajstić information content (AvgIpc) is 2.99. The topological polar surface area (TPSA) is 45.7 Å². The van der Waals surface area contributed by atoms with Gasteiger partial charge in [0.05, 0.1) is 6.54 Å². The fraction of sp³-hybridized carbons (Fsp3) is 0.588. The van der Waals surface area contributed by atoms with Crippen molar-refractivity contribution in [3.05, 3.63) is 29.8 Å². The molecule has 2 rings (SSSR count). The second-order valence-corrected chi connectivity index (χ2v) is 6.81. The second-order valence-electron chi connectivity index (χ2n) is 5.67. The zero-order valence-corrected chi connectivity index (χ0v) is 14.6. The van der Waals surface area contributed by atoms with Crippen molar-refractivity contribution in [2.24, 2.45) is 4.99 Å². The monoisotopic (exact) mass is 321 g/mol. The van der Waals surface area contributed by atoms with Crippen LogP contribution in [0.15, 0.2) is 29.3 Å². The van der Waals surface area contributed by atoms with E-state index in [2.05, 4.69) is 40.9 Å². The Morgan fingerprint density at radius 2 is 2.09 bits per heavy atom. The highest BCUT2D eigenvalue weighted by molar-refractivity contribution is 7.99. The summed E-state index contributed by atoms with van der Waals surface area (Å²) in [5, 5.41) is 7.62. The van der Waals surface area contributed by atoms with Crippen LogP contribution in [0.1, 0.15) is 24.8 Å². The molecule has 0 radical (unpaired) electrons. The summed E-state index contributed by atoms with van der Waals surface area (Å²) < 4.78 is 5.71. The Balaban J connectivity index is 1.65. The van der Waals surface area contributed by atoms with Crippen LogP contribution in [0.3, 0.4) is 0 Å². The number of aryl methyl sites for hydroxylation is 1. The molecule has 5 heteroatoms. The first-order valence-electron chi connectivity index (χ1n) is 7.90. The van der Waals surface area contributed by atoms with Crippen molar-refractivity contribution in [3.8, 4) is 5.75 Å². The van der Waals surface area contributed by atoms with Crippen LogP contribution in [-0.2, 0) is 0 Å². The third-order valence-electron chi connectivity index (χ3n) is 3.97. The zero-order chi connectivity index (χ0) is 15.8. The number of guanidine groups is 1. The molecular formula is C17H27N3OS. The van der Waals surface area contributed by atoms with Gasteiger partial charge in [-0.15, -0.1) is 0 Å². The Labute approximate surface area is 138 Å². The molecule has 2 atom stereocenters. The predicted molar refractivity (Wildman–Crippen MR) is 96.1 cm³/mol. The summed E-state index contributed by atoms with van der Waals surface area (Å²) >= 11 is 1.97. The van der Waals surface area contributed by atoms with Crippen LogP contribution in [0.5, 0.6) is 5.75 Å². The van der Waals surface area contributed by atoms with Crippen LogP contribution >= 0.6 is 11.8 Å². The zero-order valence-electron chi connectivity index (χ0n) is 13.8. The largest absolute Gasteiger partial charge is 0.492 e. The van der Waals surface area contributed by atoms with Crippen LogP contribution in [0.25, 0.3) is 0 Å². The van der Waals surface area contributed by atoms with Gasteiger partial charge in [0.15, 0.2) is 5.96 Å². The fourth-order valence-corrected chi connectivity index (χ4v) is 3.44. The van der Waals surface area contributed by atoms with Gasteiger partial charge in [0.2, 0.25) is 0 Å². The Hall–Kier alpha value is -1.36. The van der Waals surface area contributed by atoms with Gasteiger partial charge in [0.1, 0.15) is 12.4 Å². The molecule has 2 unspecified atom stereocenters. The molecule has 1 fully saturated rings. The molecule has 0 heterocycles. The quantitative estimate of drug-likeness (QED) is 0.480. The summed E-state index contributed by atoms with van der Waals surface area (Å²) in [4.78, 5) is 4.29. The van der Waals surface area contributed by atoms with Crippen LogP contribution in [-0.4, -0.2) is 43.7 Å². The highest BCUT2D eigenvalue weighted by Crippen LogP contribution is 2.27. The minimum absolute atomic E-state index is 0.543. The second kappa shape index (κ2) is 8.93. The van der Waals surface area contributed by atoms with Gasteiger partial charge in [-0.2, -0.15) is 11.8 Å². The van der Waals surface area contributed by atoms with Crippen LogP contribution in [0, 0.1) is 6.92 Å². The van der Waals surface area contributed by atoms with Gasteiger partial charge >= 0.3 is 0 Å². The van der Waals surface area contributed by atoms with E-state index in [-0.39, 0.29) is 0 Å². The number of ether oxygens (including phenoxy) is 1. The van der Waals surface area contributed by atoms with Gasteiger partial charge < -0.3 is 15.4 Å². The smallest absolute Gasteiger partial charge is 0.191 e. The third kappa shape index (κ3) is 5.44. The SMILES string of the molecule is CN=C(NCCOc1ccc(C)cc1)NC1CCC(SC)C1. The van der Waals surface area contributed by atoms with Crippen molar-refractivity contribution < 1.29 is 4.74 Å². The van der Waals surface area contributed by atoms with Crippen molar-refractivity contribution in [2.45, 2.75) is 37.5 Å². The summed E-state index contributed by atoms with van der Waals surface area (Å²) in [6.45, 7) is 3.44. The summed E-state index contributed by atoms with van der Waals surface area (Å²) in [5.41, 5.74) is 1.25. The van der Waals surface area contributed by atoms with Crippen molar-refractivity contribution in [3.63, 3.8) is 0 Å². The van der Waals surface area contributed by atoms with E-state index >= 15 is 0 Å². The van der Waals surface area contributed by atoms with E-state index < -0.39 is 0 Å². The lowest BCUT2D eigenvalue weighted by atomic mass is 10.2. The molecule has 0 amide bonds. The lowest BCUT2D eigenvalue weighted by Gasteiger charge is -2.17.